The van der Waals surface area contributed by atoms with E-state index in [1.165, 1.54) is 12.1 Å². The van der Waals surface area contributed by atoms with Crippen molar-refractivity contribution in [2.75, 3.05) is 13.1 Å². The molecule has 0 aliphatic carbocycles. The molecule has 1 aliphatic heterocycles. The standard InChI is InChI=1S/C15H15F4N3O3/c1-2-14(9-3-5-10(16)6-4-9)12(24)22(13(25)21-14)7-11(23)20-8-15(17,18)19/h3-6H,2,7-8H2,1H3,(H,20,23)(H,21,25). The van der Waals surface area contributed by atoms with Gasteiger partial charge in [0.25, 0.3) is 5.91 Å². The number of carbonyl (C=O) groups is 3. The Bertz CT molecular complexity index is 690. The lowest BCUT2D eigenvalue weighted by Crippen LogP contribution is -2.45. The van der Waals surface area contributed by atoms with Crippen LogP contribution >= 0.6 is 0 Å². The average molecular weight is 361 g/mol. The first-order chi connectivity index (χ1) is 11.6. The topological polar surface area (TPSA) is 78.5 Å². The van der Waals surface area contributed by atoms with Crippen LogP contribution in [0.3, 0.4) is 0 Å². The Morgan fingerprint density at radius 1 is 1.24 bits per heavy atom. The molecule has 25 heavy (non-hydrogen) atoms. The van der Waals surface area contributed by atoms with Crippen LogP contribution in [0.1, 0.15) is 18.9 Å². The largest absolute Gasteiger partial charge is 0.405 e. The predicted molar refractivity (Wildman–Crippen MR) is 77.7 cm³/mol. The summed E-state index contributed by atoms with van der Waals surface area (Å²) in [5, 5.41) is 4.04. The Morgan fingerprint density at radius 3 is 2.36 bits per heavy atom. The number of urea groups is 1. The Kier molecular flexibility index (Phi) is 5.00. The van der Waals surface area contributed by atoms with Gasteiger partial charge < -0.3 is 10.6 Å². The third kappa shape index (κ3) is 3.89. The second-order valence-electron chi connectivity index (χ2n) is 5.48. The summed E-state index contributed by atoms with van der Waals surface area (Å²) in [7, 11) is 0. The molecule has 1 aromatic carbocycles. The van der Waals surface area contributed by atoms with E-state index in [0.29, 0.717) is 10.5 Å². The molecule has 2 N–H and O–H groups in total. The van der Waals surface area contributed by atoms with Crippen molar-refractivity contribution in [2.24, 2.45) is 0 Å². The molecule has 1 atom stereocenters. The van der Waals surface area contributed by atoms with Crippen LogP contribution in [0, 0.1) is 5.82 Å². The van der Waals surface area contributed by atoms with Gasteiger partial charge in [-0.3, -0.25) is 14.5 Å². The fraction of sp³-hybridized carbons (Fsp3) is 0.400. The zero-order valence-corrected chi connectivity index (χ0v) is 13.1. The quantitative estimate of drug-likeness (QED) is 0.619. The van der Waals surface area contributed by atoms with Gasteiger partial charge in [0.05, 0.1) is 0 Å². The minimum absolute atomic E-state index is 0.115. The molecule has 0 aromatic heterocycles. The van der Waals surface area contributed by atoms with Crippen molar-refractivity contribution < 1.29 is 31.9 Å². The van der Waals surface area contributed by atoms with Crippen LogP contribution in [-0.4, -0.2) is 42.0 Å². The maximum absolute atomic E-state index is 13.1. The summed E-state index contributed by atoms with van der Waals surface area (Å²) in [4.78, 5) is 36.8. The van der Waals surface area contributed by atoms with Crippen molar-refractivity contribution in [3.63, 3.8) is 0 Å². The van der Waals surface area contributed by atoms with E-state index in [9.17, 15) is 31.9 Å². The molecule has 0 bridgehead atoms. The van der Waals surface area contributed by atoms with Gasteiger partial charge in [0, 0.05) is 0 Å². The van der Waals surface area contributed by atoms with Crippen LogP contribution in [0.4, 0.5) is 22.4 Å². The summed E-state index contributed by atoms with van der Waals surface area (Å²) in [6, 6.07) is 3.97. The van der Waals surface area contributed by atoms with Crippen LogP contribution in [0.15, 0.2) is 24.3 Å². The number of hydrogen-bond acceptors (Lipinski definition) is 3. The minimum atomic E-state index is -4.60. The molecule has 1 heterocycles. The third-order valence-corrected chi connectivity index (χ3v) is 3.83. The number of nitrogens with one attached hydrogen (secondary N) is 2. The lowest BCUT2D eigenvalue weighted by molar-refractivity contribution is -0.141. The van der Waals surface area contributed by atoms with Crippen LogP contribution in [0.5, 0.6) is 0 Å². The SMILES string of the molecule is CCC1(c2ccc(F)cc2)NC(=O)N(CC(=O)NCC(F)(F)F)C1=O. The number of alkyl halides is 3. The highest BCUT2D eigenvalue weighted by Crippen LogP contribution is 2.32. The third-order valence-electron chi connectivity index (χ3n) is 3.83. The van der Waals surface area contributed by atoms with Crippen molar-refractivity contribution in [1.82, 2.24) is 15.5 Å². The van der Waals surface area contributed by atoms with Gasteiger partial charge in [-0.05, 0) is 24.1 Å². The van der Waals surface area contributed by atoms with Crippen molar-refractivity contribution in [3.8, 4) is 0 Å². The Labute approximate surface area is 140 Å². The summed E-state index contributed by atoms with van der Waals surface area (Å²) in [6.45, 7) is -0.801. The Morgan fingerprint density at radius 2 is 1.84 bits per heavy atom. The Balaban J connectivity index is 2.17. The van der Waals surface area contributed by atoms with Crippen LogP contribution in [0.2, 0.25) is 0 Å². The number of benzene rings is 1. The fourth-order valence-electron chi connectivity index (χ4n) is 2.54. The molecule has 10 heteroatoms. The van der Waals surface area contributed by atoms with Gasteiger partial charge in [-0.2, -0.15) is 13.2 Å². The minimum Gasteiger partial charge on any atom is -0.345 e. The first-order valence-corrected chi connectivity index (χ1v) is 7.32. The van der Waals surface area contributed by atoms with E-state index < -0.39 is 48.5 Å². The number of imide groups is 1. The molecule has 4 amide bonds. The molecule has 2 rings (SSSR count). The molecule has 6 nitrogen and oxygen atoms in total. The zero-order valence-electron chi connectivity index (χ0n) is 13.1. The van der Waals surface area contributed by atoms with Gasteiger partial charge in [0.2, 0.25) is 5.91 Å². The molecule has 1 aromatic rings. The van der Waals surface area contributed by atoms with Gasteiger partial charge in [-0.1, -0.05) is 19.1 Å². The monoisotopic (exact) mass is 361 g/mol. The average Bonchev–Trinajstić information content (AvgIpc) is 2.78. The van der Waals surface area contributed by atoms with E-state index in [-0.39, 0.29) is 6.42 Å². The predicted octanol–water partition coefficient (Wildman–Crippen LogP) is 1.66. The van der Waals surface area contributed by atoms with E-state index in [0.717, 1.165) is 12.1 Å². The molecule has 0 spiro atoms. The normalized spacial score (nSPS) is 20.6. The van der Waals surface area contributed by atoms with Gasteiger partial charge in [-0.25, -0.2) is 9.18 Å². The number of nitrogens with zero attached hydrogens (tertiary/aromatic N) is 1. The number of hydrogen-bond donors (Lipinski definition) is 2. The fourth-order valence-corrected chi connectivity index (χ4v) is 2.54. The van der Waals surface area contributed by atoms with E-state index >= 15 is 0 Å². The molecule has 1 fully saturated rings. The van der Waals surface area contributed by atoms with Crippen molar-refractivity contribution in [3.05, 3.63) is 35.6 Å². The maximum atomic E-state index is 13.1. The summed E-state index contributed by atoms with van der Waals surface area (Å²) in [5.74, 6) is -2.43. The first kappa shape index (κ1) is 18.7. The highest BCUT2D eigenvalue weighted by atomic mass is 19.4. The molecular formula is C15H15F4N3O3. The van der Waals surface area contributed by atoms with Gasteiger partial charge in [0.15, 0.2) is 0 Å². The molecule has 1 unspecified atom stereocenters. The van der Waals surface area contributed by atoms with Gasteiger partial charge in [0.1, 0.15) is 24.4 Å². The second kappa shape index (κ2) is 6.69. The molecule has 0 saturated carbocycles. The maximum Gasteiger partial charge on any atom is 0.405 e. The second-order valence-corrected chi connectivity index (χ2v) is 5.48. The molecule has 0 radical (unpaired) electrons. The number of carbonyl (C=O) groups excluding carboxylic acids is 3. The van der Waals surface area contributed by atoms with E-state index in [1.807, 2.05) is 0 Å². The lowest BCUT2D eigenvalue weighted by atomic mass is 9.87. The number of rotatable bonds is 5. The van der Waals surface area contributed by atoms with E-state index in [4.69, 9.17) is 0 Å². The summed E-state index contributed by atoms with van der Waals surface area (Å²) in [6.07, 6.45) is -4.49. The van der Waals surface area contributed by atoms with Crippen LogP contribution in [-0.2, 0) is 15.1 Å². The van der Waals surface area contributed by atoms with Crippen molar-refractivity contribution in [2.45, 2.75) is 25.1 Å². The molecule has 136 valence electrons. The lowest BCUT2D eigenvalue weighted by Gasteiger charge is -2.25. The van der Waals surface area contributed by atoms with E-state index in [2.05, 4.69) is 5.32 Å². The molecule has 1 saturated heterocycles. The highest BCUT2D eigenvalue weighted by molar-refractivity contribution is 6.09. The Hall–Kier alpha value is -2.65. The number of halogens is 4. The van der Waals surface area contributed by atoms with Gasteiger partial charge in [-0.15, -0.1) is 0 Å². The van der Waals surface area contributed by atoms with Gasteiger partial charge >= 0.3 is 12.2 Å². The smallest absolute Gasteiger partial charge is 0.345 e. The summed E-state index contributed by atoms with van der Waals surface area (Å²) >= 11 is 0. The first-order valence-electron chi connectivity index (χ1n) is 7.32. The summed E-state index contributed by atoms with van der Waals surface area (Å²) < 4.78 is 49.4. The van der Waals surface area contributed by atoms with Crippen molar-refractivity contribution in [1.29, 1.82) is 0 Å². The van der Waals surface area contributed by atoms with E-state index in [1.54, 1.807) is 12.2 Å². The molecule has 1 aliphatic rings. The van der Waals surface area contributed by atoms with Crippen LogP contribution in [0.25, 0.3) is 0 Å². The molecular weight excluding hydrogens is 346 g/mol. The number of amides is 4. The van der Waals surface area contributed by atoms with Crippen molar-refractivity contribution >= 4 is 17.8 Å². The summed E-state index contributed by atoms with van der Waals surface area (Å²) in [5.41, 5.74) is -1.18. The van der Waals surface area contributed by atoms with Crippen LogP contribution < -0.4 is 10.6 Å². The highest BCUT2D eigenvalue weighted by Gasteiger charge is 2.51. The zero-order chi connectivity index (χ0) is 18.8.